The normalized spacial score (nSPS) is 12.3. The van der Waals surface area contributed by atoms with E-state index in [0.29, 0.717) is 22.0 Å². The molecule has 0 bridgehead atoms. The Hall–Kier alpha value is -0.0600. The molecule has 0 aliphatic carbocycles. The van der Waals surface area contributed by atoms with Crippen LogP contribution in [0.1, 0.15) is 23.7 Å². The van der Waals surface area contributed by atoms with Crippen LogP contribution >= 0.6 is 43.5 Å². The molecule has 0 heterocycles. The van der Waals surface area contributed by atoms with Gasteiger partial charge in [-0.1, -0.05) is 50.4 Å². The standard InChI is InChI=1S/C12H14Br2ClNO/c1-8(13)5-6-16(2)12(17)10-4-3-9(14)7-11(10)15/h3-4,7-8H,5-6H2,1-2H3. The number of rotatable bonds is 4. The Balaban J connectivity index is 2.75. The molecule has 2 nitrogen and oxygen atoms in total. The van der Waals surface area contributed by atoms with Crippen molar-refractivity contribution in [3.63, 3.8) is 0 Å². The van der Waals surface area contributed by atoms with Gasteiger partial charge in [-0.05, 0) is 24.6 Å². The number of alkyl halides is 1. The van der Waals surface area contributed by atoms with Crippen LogP contribution in [0.3, 0.4) is 0 Å². The largest absolute Gasteiger partial charge is 0.342 e. The molecule has 1 atom stereocenters. The smallest absolute Gasteiger partial charge is 0.255 e. The van der Waals surface area contributed by atoms with Gasteiger partial charge in [0.1, 0.15) is 0 Å². The first-order valence-corrected chi connectivity index (χ1v) is 7.35. The van der Waals surface area contributed by atoms with Gasteiger partial charge in [0.15, 0.2) is 0 Å². The predicted molar refractivity (Wildman–Crippen MR) is 79.1 cm³/mol. The maximum Gasteiger partial charge on any atom is 0.255 e. The third kappa shape index (κ3) is 4.60. The molecule has 5 heteroatoms. The lowest BCUT2D eigenvalue weighted by Gasteiger charge is -2.18. The molecule has 0 N–H and O–H groups in total. The van der Waals surface area contributed by atoms with E-state index >= 15 is 0 Å². The van der Waals surface area contributed by atoms with Crippen molar-refractivity contribution >= 4 is 49.4 Å². The van der Waals surface area contributed by atoms with E-state index in [2.05, 4.69) is 38.8 Å². The minimum Gasteiger partial charge on any atom is -0.342 e. The lowest BCUT2D eigenvalue weighted by molar-refractivity contribution is 0.0794. The summed E-state index contributed by atoms with van der Waals surface area (Å²) in [4.78, 5) is 14.2. The fourth-order valence-electron chi connectivity index (χ4n) is 1.34. The van der Waals surface area contributed by atoms with Crippen LogP contribution in [0.25, 0.3) is 0 Å². The first-order chi connectivity index (χ1) is 7.91. The molecule has 1 aromatic rings. The van der Waals surface area contributed by atoms with Crippen LogP contribution in [0.2, 0.25) is 5.02 Å². The first-order valence-electron chi connectivity index (χ1n) is 5.26. The number of hydrogen-bond donors (Lipinski definition) is 0. The van der Waals surface area contributed by atoms with Crippen molar-refractivity contribution < 1.29 is 4.79 Å². The summed E-state index contributed by atoms with van der Waals surface area (Å²) in [5.41, 5.74) is 0.541. The van der Waals surface area contributed by atoms with Crippen molar-refractivity contribution in [2.45, 2.75) is 18.2 Å². The van der Waals surface area contributed by atoms with Crippen molar-refractivity contribution in [1.29, 1.82) is 0 Å². The van der Waals surface area contributed by atoms with E-state index < -0.39 is 0 Å². The van der Waals surface area contributed by atoms with Gasteiger partial charge < -0.3 is 4.90 Å². The molecule has 0 radical (unpaired) electrons. The van der Waals surface area contributed by atoms with E-state index in [1.165, 1.54) is 0 Å². The van der Waals surface area contributed by atoms with E-state index in [1.807, 2.05) is 6.07 Å². The number of halogens is 3. The topological polar surface area (TPSA) is 20.3 Å². The van der Waals surface area contributed by atoms with Crippen LogP contribution in [0.4, 0.5) is 0 Å². The van der Waals surface area contributed by atoms with Crippen LogP contribution in [0.5, 0.6) is 0 Å². The van der Waals surface area contributed by atoms with Gasteiger partial charge in [-0.15, -0.1) is 0 Å². The first kappa shape index (κ1) is 15.0. The van der Waals surface area contributed by atoms with Gasteiger partial charge in [-0.3, -0.25) is 4.79 Å². The van der Waals surface area contributed by atoms with Crippen molar-refractivity contribution in [3.05, 3.63) is 33.3 Å². The van der Waals surface area contributed by atoms with Crippen molar-refractivity contribution in [2.75, 3.05) is 13.6 Å². The zero-order valence-corrected chi connectivity index (χ0v) is 13.6. The van der Waals surface area contributed by atoms with Gasteiger partial charge in [0, 0.05) is 22.9 Å². The monoisotopic (exact) mass is 381 g/mol. The molecule has 94 valence electrons. The molecule has 1 amide bonds. The highest BCUT2D eigenvalue weighted by atomic mass is 79.9. The van der Waals surface area contributed by atoms with Crippen molar-refractivity contribution in [1.82, 2.24) is 4.90 Å². The summed E-state index contributed by atoms with van der Waals surface area (Å²) < 4.78 is 0.871. The summed E-state index contributed by atoms with van der Waals surface area (Å²) in [6.45, 7) is 2.77. The fourth-order valence-corrected chi connectivity index (χ4v) is 2.30. The Bertz CT molecular complexity index is 409. The molecule has 0 saturated heterocycles. The molecule has 1 unspecified atom stereocenters. The molecule has 0 fully saturated rings. The molecule has 1 rings (SSSR count). The lowest BCUT2D eigenvalue weighted by Crippen LogP contribution is -2.29. The lowest BCUT2D eigenvalue weighted by atomic mass is 10.2. The van der Waals surface area contributed by atoms with E-state index in [4.69, 9.17) is 11.6 Å². The molecule has 1 aromatic carbocycles. The number of hydrogen-bond acceptors (Lipinski definition) is 1. The van der Waals surface area contributed by atoms with Gasteiger partial charge in [-0.2, -0.15) is 0 Å². The maximum absolute atomic E-state index is 12.1. The van der Waals surface area contributed by atoms with Crippen LogP contribution in [0.15, 0.2) is 22.7 Å². The summed E-state index contributed by atoms with van der Waals surface area (Å²) in [6.07, 6.45) is 0.913. The Labute approximate surface area is 124 Å². The van der Waals surface area contributed by atoms with Crippen LogP contribution in [-0.2, 0) is 0 Å². The summed E-state index contributed by atoms with van der Waals surface area (Å²) in [7, 11) is 1.79. The molecule has 17 heavy (non-hydrogen) atoms. The fraction of sp³-hybridized carbons (Fsp3) is 0.417. The summed E-state index contributed by atoms with van der Waals surface area (Å²) >= 11 is 12.8. The Kier molecular flexibility index (Phi) is 5.97. The molecule has 0 aromatic heterocycles. The highest BCUT2D eigenvalue weighted by molar-refractivity contribution is 9.10. The van der Waals surface area contributed by atoms with E-state index in [-0.39, 0.29) is 5.91 Å². The minimum atomic E-state index is -0.0457. The molecule has 0 aliphatic heterocycles. The number of nitrogens with zero attached hydrogens (tertiary/aromatic N) is 1. The van der Waals surface area contributed by atoms with Crippen molar-refractivity contribution in [2.24, 2.45) is 0 Å². The number of benzene rings is 1. The van der Waals surface area contributed by atoms with E-state index in [1.54, 1.807) is 24.1 Å². The summed E-state index contributed by atoms with van der Waals surface area (Å²) in [5.74, 6) is -0.0457. The Morgan fingerprint density at radius 3 is 2.71 bits per heavy atom. The SMILES string of the molecule is CC(Br)CCN(C)C(=O)c1ccc(Br)cc1Cl. The maximum atomic E-state index is 12.1. The molecular weight excluding hydrogens is 369 g/mol. The zero-order chi connectivity index (χ0) is 13.0. The minimum absolute atomic E-state index is 0.0457. The Morgan fingerprint density at radius 1 is 1.53 bits per heavy atom. The second-order valence-electron chi connectivity index (χ2n) is 3.92. The van der Waals surface area contributed by atoms with Gasteiger partial charge in [0.25, 0.3) is 5.91 Å². The summed E-state index contributed by atoms with van der Waals surface area (Å²) in [5, 5.41) is 0.475. The second-order valence-corrected chi connectivity index (χ2v) is 6.81. The third-order valence-corrected chi connectivity index (χ3v) is 3.63. The summed E-state index contributed by atoms with van der Waals surface area (Å²) in [6, 6.07) is 5.29. The highest BCUT2D eigenvalue weighted by Crippen LogP contribution is 2.22. The van der Waals surface area contributed by atoms with Crippen molar-refractivity contribution in [3.8, 4) is 0 Å². The average molecular weight is 384 g/mol. The Morgan fingerprint density at radius 2 is 2.18 bits per heavy atom. The molecule has 0 aliphatic rings. The quantitative estimate of drug-likeness (QED) is 0.708. The zero-order valence-electron chi connectivity index (χ0n) is 9.71. The van der Waals surface area contributed by atoms with Gasteiger partial charge in [-0.25, -0.2) is 0 Å². The van der Waals surface area contributed by atoms with Gasteiger partial charge in [0.2, 0.25) is 0 Å². The molecule has 0 spiro atoms. The van der Waals surface area contributed by atoms with Crippen LogP contribution < -0.4 is 0 Å². The van der Waals surface area contributed by atoms with Crippen LogP contribution in [0, 0.1) is 0 Å². The number of amides is 1. The highest BCUT2D eigenvalue weighted by Gasteiger charge is 2.15. The molecular formula is C12H14Br2ClNO. The van der Waals surface area contributed by atoms with E-state index in [0.717, 1.165) is 10.9 Å². The van der Waals surface area contributed by atoms with E-state index in [9.17, 15) is 4.79 Å². The van der Waals surface area contributed by atoms with Gasteiger partial charge in [0.05, 0.1) is 10.6 Å². The second kappa shape index (κ2) is 6.76. The van der Waals surface area contributed by atoms with Crippen LogP contribution in [-0.4, -0.2) is 29.2 Å². The average Bonchev–Trinajstić information content (AvgIpc) is 2.25. The third-order valence-electron chi connectivity index (χ3n) is 2.37. The predicted octanol–water partition coefficient (Wildman–Crippen LogP) is 4.35. The number of carbonyl (C=O) groups excluding carboxylic acids is 1. The molecule has 0 saturated carbocycles. The number of carbonyl (C=O) groups is 1. The van der Waals surface area contributed by atoms with Gasteiger partial charge >= 0.3 is 0 Å².